The third-order valence-electron chi connectivity index (χ3n) is 25.0. The van der Waals surface area contributed by atoms with Gasteiger partial charge in [0.05, 0.1) is 81.8 Å². The molecule has 6 saturated heterocycles. The Morgan fingerprint density at radius 2 is 0.761 bits per heavy atom. The van der Waals surface area contributed by atoms with Gasteiger partial charge in [0, 0.05) is 120 Å². The molecule has 33 nitrogen and oxygen atoms in total. The van der Waals surface area contributed by atoms with Gasteiger partial charge >= 0.3 is 0 Å². The lowest BCUT2D eigenvalue weighted by Gasteiger charge is -2.43. The molecule has 726 valence electrons. The van der Waals surface area contributed by atoms with Crippen LogP contribution in [-0.2, 0) is 4.74 Å². The average molecular weight is 1920 g/mol. The number of amides is 8. The van der Waals surface area contributed by atoms with Crippen LogP contribution in [0, 0.1) is 27.7 Å². The molecule has 0 radical (unpaired) electrons. The molecular weight excluding hydrogens is 1780 g/mol. The minimum atomic E-state index is -1.08. The number of rotatable bonds is 24. The van der Waals surface area contributed by atoms with Crippen LogP contribution in [0.1, 0.15) is 306 Å². The Morgan fingerprint density at radius 3 is 1.02 bits per heavy atom. The van der Waals surface area contributed by atoms with Gasteiger partial charge in [0.1, 0.15) is 51.6 Å². The van der Waals surface area contributed by atoms with Crippen LogP contribution in [0.25, 0.3) is 41.8 Å². The van der Waals surface area contributed by atoms with E-state index in [4.69, 9.17) is 4.74 Å². The fourth-order valence-corrected chi connectivity index (χ4v) is 20.7. The van der Waals surface area contributed by atoms with Crippen LogP contribution >= 0.6 is 45.3 Å². The molecular formula is C97H136N20O13S4. The number of aromatic nitrogens is 8. The van der Waals surface area contributed by atoms with Crippen molar-refractivity contribution in [1.29, 1.82) is 0 Å². The first-order valence-corrected chi connectivity index (χ1v) is 49.8. The summed E-state index contributed by atoms with van der Waals surface area (Å²) in [6.45, 7) is 49.0. The number of nitrogens with zero attached hydrogens (tertiary/aromatic N) is 13. The molecule has 8 aromatic heterocycles. The van der Waals surface area contributed by atoms with Gasteiger partial charge in [0.25, 0.3) is 47.3 Å². The first-order chi connectivity index (χ1) is 62.8. The van der Waals surface area contributed by atoms with Crippen LogP contribution in [0.2, 0.25) is 0 Å². The maximum atomic E-state index is 13.5. The number of nitrogens with one attached hydrogen (secondary N) is 7. The number of thiazole rings is 4. The SMILES string of the molecule is CC[C@@H](C)Nc1cc(C)c(-c2sc(C(=O)N[C@H](C)C(C)(C)O)nc2C(=O)N2CCC[C@@H]2C)cn1.Cc1cc(NC(C)(C)C)ncc1-c1sc(C(=O)N2CC(C)(O)C2)nc1C(=O)N1CCC[C@@H]1C.Cc1cc(NC(C)(C)C)ncc1-c1sc(C(=O)NC2(CO)CC2)nc1C(=O)N1CCC[C@@H]1C.Cc1cc(NC(C)(C)C)ncc1-c1sc(C(=O)NC2(CO)COC2)nc1C(=O)N1CCC[C@@H]1C. The van der Waals surface area contributed by atoms with Crippen LogP contribution in [0.3, 0.4) is 0 Å². The standard InChI is InChI=1S/C25H37N5O3S.C24H33N5O4S.2C24H33N5O3S/c1-8-15(3)27-19-12-14(2)18(13-26-19)21-20(24(32)30-11-9-10-16(30)4)29-23(34-21)22(31)28-17(5)25(6,7)33;1-14-9-17(27-23(3,4)5)25-10-16(14)19-18(22(32)29-8-6-7-15(29)2)26-21(34-19)20(31)28-24(11-30)12-33-13-24;1-14-10-17(27-23(3,4)5)25-11-16(14)19-18(21(30)29-9-7-8-15(29)2)26-20(33-19)22(31)28-12-24(6,32)13-28;1-14-11-17(27-23(3,4)5)25-12-16(14)19-18(22(32)29-10-6-7-15(29)2)26-21(33-19)20(31)28-24(13-30)8-9-24/h12-13,15-17,33H,8-11H2,1-7H3,(H,26,27)(H,28,31);9-10,15,30H,6-8,11-13H2,1-5H3,(H,25,27)(H,28,31);10-11,15,32H,7-9,12-13H2,1-6H3,(H,25,27);11-12,15,30H,6-10,13H2,1-5H3,(H,25,27)(H,28,31)/t15-,16+,17-;3*15-/m1000/s1. The molecule has 6 atom stereocenters. The van der Waals surface area contributed by atoms with Crippen molar-refractivity contribution in [3.63, 3.8) is 0 Å². The summed E-state index contributed by atoms with van der Waals surface area (Å²) in [6.07, 6.45) is 17.1. The molecule has 0 aromatic carbocycles. The number of aryl methyl sites for hydroxylation is 4. The highest BCUT2D eigenvalue weighted by Crippen LogP contribution is 2.43. The first kappa shape index (κ1) is 103. The van der Waals surface area contributed by atoms with Gasteiger partial charge in [-0.15, -0.1) is 45.3 Å². The fourth-order valence-electron chi connectivity index (χ4n) is 16.5. The van der Waals surface area contributed by atoms with E-state index in [1.54, 1.807) is 57.4 Å². The summed E-state index contributed by atoms with van der Waals surface area (Å²) < 4.78 is 5.18. The molecule has 11 N–H and O–H groups in total. The van der Waals surface area contributed by atoms with Gasteiger partial charge in [-0.05, 0) is 269 Å². The molecule has 8 amide bonds. The Labute approximate surface area is 802 Å². The summed E-state index contributed by atoms with van der Waals surface area (Å²) >= 11 is 4.80. The second kappa shape index (κ2) is 41.4. The number of carbonyl (C=O) groups excluding carboxylic acids is 8. The van der Waals surface area contributed by atoms with Crippen LogP contribution in [0.4, 0.5) is 23.3 Å². The van der Waals surface area contributed by atoms with Crippen molar-refractivity contribution < 1.29 is 63.5 Å². The van der Waals surface area contributed by atoms with Crippen molar-refractivity contribution in [1.82, 2.24) is 80.3 Å². The largest absolute Gasteiger partial charge is 0.394 e. The summed E-state index contributed by atoms with van der Waals surface area (Å²) in [7, 11) is 0. The Morgan fingerprint density at radius 1 is 0.463 bits per heavy atom. The van der Waals surface area contributed by atoms with Crippen molar-refractivity contribution in [2.75, 3.05) is 87.0 Å². The van der Waals surface area contributed by atoms with Crippen molar-refractivity contribution in [2.45, 2.75) is 305 Å². The molecule has 1 saturated carbocycles. The van der Waals surface area contributed by atoms with E-state index in [-0.39, 0.29) is 147 Å². The van der Waals surface area contributed by atoms with Crippen LogP contribution in [-0.4, -0.2) is 273 Å². The monoisotopic (exact) mass is 1920 g/mol. The molecule has 0 bridgehead atoms. The number of aliphatic hydroxyl groups is 4. The summed E-state index contributed by atoms with van der Waals surface area (Å²) in [6, 6.07) is 8.18. The third kappa shape index (κ3) is 24.8. The lowest BCUT2D eigenvalue weighted by molar-refractivity contribution is -0.0919. The summed E-state index contributed by atoms with van der Waals surface area (Å²) in [4.78, 5) is 154. The average Bonchev–Trinajstić information content (AvgIpc) is 1.63. The molecule has 14 heterocycles. The summed E-state index contributed by atoms with van der Waals surface area (Å²) in [5.74, 6) is 0.980. The van der Waals surface area contributed by atoms with E-state index in [9.17, 15) is 58.8 Å². The normalized spacial score (nSPS) is 19.3. The predicted molar refractivity (Wildman–Crippen MR) is 527 cm³/mol. The molecule has 37 heteroatoms. The van der Waals surface area contributed by atoms with E-state index in [2.05, 4.69) is 153 Å². The Balaban J connectivity index is 0.000000161. The van der Waals surface area contributed by atoms with Crippen molar-refractivity contribution in [3.8, 4) is 41.8 Å². The molecule has 7 aliphatic rings. The van der Waals surface area contributed by atoms with Gasteiger partial charge in [-0.2, -0.15) is 0 Å². The number of hydrogen-bond acceptors (Lipinski definition) is 29. The van der Waals surface area contributed by atoms with Crippen molar-refractivity contribution in [3.05, 3.63) is 114 Å². The number of pyridine rings is 4. The maximum Gasteiger partial charge on any atom is 0.283 e. The van der Waals surface area contributed by atoms with E-state index >= 15 is 0 Å². The number of likely N-dealkylation sites (tertiary alicyclic amines) is 5. The van der Waals surface area contributed by atoms with E-state index < -0.39 is 40.1 Å². The van der Waals surface area contributed by atoms with Crippen LogP contribution < -0.4 is 37.2 Å². The maximum absolute atomic E-state index is 13.5. The zero-order valence-corrected chi connectivity index (χ0v) is 85.1. The van der Waals surface area contributed by atoms with E-state index in [1.165, 1.54) is 45.3 Å². The summed E-state index contributed by atoms with van der Waals surface area (Å²) in [5, 5.41) is 62.4. The number of anilines is 4. The van der Waals surface area contributed by atoms with E-state index in [1.807, 2.05) is 99.3 Å². The molecule has 0 spiro atoms. The number of ether oxygens (including phenoxy) is 1. The molecule has 0 unspecified atom stereocenters. The summed E-state index contributed by atoms with van der Waals surface area (Å²) in [5.41, 5.74) is 4.42. The van der Waals surface area contributed by atoms with Crippen molar-refractivity contribution in [2.24, 2.45) is 0 Å². The molecule has 1 aliphatic carbocycles. The van der Waals surface area contributed by atoms with Gasteiger partial charge in [0.2, 0.25) is 0 Å². The quantitative estimate of drug-likeness (QED) is 0.0268. The molecule has 8 aromatic rings. The topological polar surface area (TPSA) is 430 Å². The zero-order chi connectivity index (χ0) is 98.0. The molecule has 134 heavy (non-hydrogen) atoms. The Bertz CT molecular complexity index is 5640. The number of carbonyl (C=O) groups is 8. The minimum Gasteiger partial charge on any atom is -0.394 e. The smallest absolute Gasteiger partial charge is 0.283 e. The highest BCUT2D eigenvalue weighted by molar-refractivity contribution is 7.18. The third-order valence-corrected chi connectivity index (χ3v) is 29.3. The van der Waals surface area contributed by atoms with Crippen molar-refractivity contribution >= 4 is 116 Å². The van der Waals surface area contributed by atoms with Gasteiger partial charge in [-0.25, -0.2) is 39.9 Å². The van der Waals surface area contributed by atoms with E-state index in [0.717, 1.165) is 138 Å². The second-order valence-corrected chi connectivity index (χ2v) is 45.1. The highest BCUT2D eigenvalue weighted by Gasteiger charge is 2.47. The second-order valence-electron chi connectivity index (χ2n) is 41.1. The Kier molecular flexibility index (Phi) is 31.8. The Hall–Kier alpha value is -10.1. The molecule has 7 fully saturated rings. The lowest BCUT2D eigenvalue weighted by atomic mass is 9.97. The van der Waals surface area contributed by atoms with Gasteiger partial charge < -0.3 is 86.9 Å². The minimum absolute atomic E-state index is 0.0979. The fraction of sp³-hybridized carbons (Fsp3) is 0.588. The van der Waals surface area contributed by atoms with Crippen LogP contribution in [0.5, 0.6) is 0 Å². The zero-order valence-electron chi connectivity index (χ0n) is 81.8. The predicted octanol–water partition coefficient (Wildman–Crippen LogP) is 14.2. The van der Waals surface area contributed by atoms with Crippen LogP contribution in [0.15, 0.2) is 49.1 Å². The number of aliphatic hydroxyl groups excluding tert-OH is 2. The van der Waals surface area contributed by atoms with Gasteiger partial charge in [-0.1, -0.05) is 6.92 Å². The molecule has 6 aliphatic heterocycles. The number of β-amino-alcohol motifs (C(OH)–C–C–N with tert-alkyl or cyclic N) is 1. The van der Waals surface area contributed by atoms with Gasteiger partial charge in [-0.3, -0.25) is 38.4 Å². The first-order valence-electron chi connectivity index (χ1n) is 46.6. The lowest BCUT2D eigenvalue weighted by Crippen LogP contribution is -2.64. The number of hydrogen-bond donors (Lipinski definition) is 11. The van der Waals surface area contributed by atoms with E-state index in [0.29, 0.717) is 63.1 Å². The highest BCUT2D eigenvalue weighted by atomic mass is 32.1. The molecule has 15 rings (SSSR count). The van der Waals surface area contributed by atoms with Gasteiger partial charge in [0.15, 0.2) is 20.0 Å².